The molecule has 0 spiro atoms. The van der Waals surface area contributed by atoms with Crippen LogP contribution in [0, 0.1) is 26.6 Å². The predicted octanol–water partition coefficient (Wildman–Crippen LogP) is 4.71. The second-order valence-electron chi connectivity index (χ2n) is 6.70. The van der Waals surface area contributed by atoms with Crippen molar-refractivity contribution in [1.82, 2.24) is 0 Å². The Balaban J connectivity index is -0.0000000578. The van der Waals surface area contributed by atoms with Crippen LogP contribution in [0.4, 0.5) is 0 Å². The number of phenolic OH excluding ortho intramolecular Hbond substituents is 2. The van der Waals surface area contributed by atoms with Gasteiger partial charge in [0.2, 0.25) is 0 Å². The topological polar surface area (TPSA) is 120 Å². The van der Waals surface area contributed by atoms with Crippen molar-refractivity contribution in [3.63, 3.8) is 0 Å². The normalized spacial score (nSPS) is 8.46. The number of rotatable bonds is 8. The summed E-state index contributed by atoms with van der Waals surface area (Å²) in [7, 11) is 0. The Morgan fingerprint density at radius 2 is 0.629 bits per heavy atom. The maximum atomic E-state index is 8.67. The standard InChI is InChI=1S/2C8H20N.C6H6O2.4CO.Mo/c2*1-5-9(6-2,7-3)8-4;7-5-3-1-2-4-6(5)8;4*1-2;/h2*5-8H2,1-4H3;1-4,7-8H;;;;;/q2*+1;;;;;;. The zero-order valence-electron chi connectivity index (χ0n) is 22.8. The number of quaternary nitrogens is 2. The maximum absolute atomic E-state index is 8.67. The van der Waals surface area contributed by atoms with Crippen molar-refractivity contribution >= 4 is 0 Å². The first kappa shape index (κ1) is 50.3. The molecule has 1 rings (SSSR count). The van der Waals surface area contributed by atoms with E-state index in [9.17, 15) is 0 Å². The third-order valence-corrected chi connectivity index (χ3v) is 6.25. The molecule has 0 radical (unpaired) electrons. The van der Waals surface area contributed by atoms with E-state index in [1.165, 1.54) is 73.5 Å². The Hall–Kier alpha value is -1.61. The molecule has 1 aromatic carbocycles. The number of nitrogens with zero attached hydrogens (tertiary/aromatic N) is 2. The van der Waals surface area contributed by atoms with Gasteiger partial charge in [-0.25, -0.2) is 0 Å². The van der Waals surface area contributed by atoms with Gasteiger partial charge >= 0.3 is 45.2 Å². The van der Waals surface area contributed by atoms with Crippen molar-refractivity contribution in [1.29, 1.82) is 0 Å². The molecule has 0 heterocycles. The Morgan fingerprint density at radius 3 is 0.686 bits per heavy atom. The minimum absolute atomic E-state index is 0. The molecular weight excluding hydrogens is 532 g/mol. The Labute approximate surface area is 228 Å². The molecule has 0 aliphatic carbocycles. The molecule has 0 unspecified atom stereocenters. The summed E-state index contributed by atoms with van der Waals surface area (Å²) >= 11 is 0. The first-order valence-electron chi connectivity index (χ1n) is 11.3. The summed E-state index contributed by atoms with van der Waals surface area (Å²) in [5, 5.41) is 17.3. The molecular formula is C26H46MoN2O6+2. The van der Waals surface area contributed by atoms with Crippen LogP contribution in [0.3, 0.4) is 0 Å². The van der Waals surface area contributed by atoms with Gasteiger partial charge in [0.1, 0.15) is 0 Å². The van der Waals surface area contributed by atoms with Crippen LogP contribution in [0.25, 0.3) is 0 Å². The zero-order chi connectivity index (χ0) is 28.6. The van der Waals surface area contributed by atoms with Crippen molar-refractivity contribution in [2.45, 2.75) is 55.4 Å². The van der Waals surface area contributed by atoms with E-state index in [1.807, 2.05) is 0 Å². The van der Waals surface area contributed by atoms with Crippen molar-refractivity contribution < 1.29 is 58.9 Å². The number of benzene rings is 1. The van der Waals surface area contributed by atoms with Gasteiger partial charge in [0.15, 0.2) is 11.5 Å². The van der Waals surface area contributed by atoms with E-state index in [-0.39, 0.29) is 32.6 Å². The summed E-state index contributed by atoms with van der Waals surface area (Å²) in [6.07, 6.45) is 0. The molecule has 8 nitrogen and oxygen atoms in total. The molecule has 9 heteroatoms. The van der Waals surface area contributed by atoms with E-state index >= 15 is 0 Å². The Kier molecular flexibility index (Phi) is 56.9. The van der Waals surface area contributed by atoms with Crippen molar-refractivity contribution in [2.24, 2.45) is 0 Å². The first-order valence-corrected chi connectivity index (χ1v) is 11.3. The number of hydrogen-bond donors (Lipinski definition) is 2. The smallest absolute Gasteiger partial charge is 0 e. The summed E-state index contributed by atoms with van der Waals surface area (Å²) < 4.78 is 32.6. The minimum atomic E-state index is -0.0764. The fourth-order valence-electron chi connectivity index (χ4n) is 3.15. The average molecular weight is 579 g/mol. The fraction of sp³-hybridized carbons (Fsp3) is 0.615. The van der Waals surface area contributed by atoms with Gasteiger partial charge in [0.05, 0.1) is 52.4 Å². The molecule has 200 valence electrons. The maximum Gasteiger partial charge on any atom is 0 e. The van der Waals surface area contributed by atoms with Gasteiger partial charge < -0.3 is 19.2 Å². The monoisotopic (exact) mass is 580 g/mol. The van der Waals surface area contributed by atoms with Crippen LogP contribution in [0.15, 0.2) is 24.3 Å². The fourth-order valence-corrected chi connectivity index (χ4v) is 3.15. The number of phenols is 2. The molecule has 0 aromatic heterocycles. The molecule has 2 N–H and O–H groups in total. The first-order chi connectivity index (χ1) is 16.3. The summed E-state index contributed by atoms with van der Waals surface area (Å²) in [4.78, 5) is 0. The molecule has 35 heavy (non-hydrogen) atoms. The third kappa shape index (κ3) is 26.8. The van der Waals surface area contributed by atoms with Gasteiger partial charge in [-0.2, -0.15) is 0 Å². The quantitative estimate of drug-likeness (QED) is 0.153. The van der Waals surface area contributed by atoms with Crippen LogP contribution < -0.4 is 0 Å². The minimum Gasteiger partial charge on any atom is 0 e. The molecule has 0 saturated carbocycles. The third-order valence-electron chi connectivity index (χ3n) is 6.25. The number of para-hydroxylation sites is 2. The van der Waals surface area contributed by atoms with Gasteiger partial charge in [-0.05, 0) is 67.5 Å². The van der Waals surface area contributed by atoms with Crippen molar-refractivity contribution in [3.8, 4) is 11.5 Å². The van der Waals surface area contributed by atoms with E-state index < -0.39 is 0 Å². The van der Waals surface area contributed by atoms with Crippen molar-refractivity contribution in [2.75, 3.05) is 52.4 Å². The van der Waals surface area contributed by atoms with Crippen LogP contribution in [0.2, 0.25) is 0 Å². The largest absolute Gasteiger partial charge is 0 e. The summed E-state index contributed by atoms with van der Waals surface area (Å²) in [5.41, 5.74) is 0. The van der Waals surface area contributed by atoms with Crippen LogP contribution in [0.5, 0.6) is 11.5 Å². The SMILES string of the molecule is CC[N+](CC)(CC)CC.CC[N+](CC)(CC)CC.Oc1ccccc1O.[C-]#[O+].[C-]#[O+].[C-]#[O+].[C-]#[O+].[Mo]. The van der Waals surface area contributed by atoms with E-state index in [2.05, 4.69) is 82.0 Å². The Morgan fingerprint density at radius 1 is 0.486 bits per heavy atom. The molecule has 0 aliphatic heterocycles. The molecule has 0 aliphatic rings. The van der Waals surface area contributed by atoms with Crippen LogP contribution in [0.1, 0.15) is 55.4 Å². The van der Waals surface area contributed by atoms with Crippen LogP contribution in [-0.2, 0) is 39.7 Å². The van der Waals surface area contributed by atoms with Gasteiger partial charge in [0, 0.05) is 21.1 Å². The van der Waals surface area contributed by atoms with E-state index in [0.29, 0.717) is 0 Å². The van der Waals surface area contributed by atoms with E-state index in [1.54, 1.807) is 12.1 Å². The summed E-state index contributed by atoms with van der Waals surface area (Å²) in [5.74, 6) is -0.153. The van der Waals surface area contributed by atoms with Crippen molar-refractivity contribution in [3.05, 3.63) is 50.9 Å². The van der Waals surface area contributed by atoms with Gasteiger partial charge in [0.25, 0.3) is 0 Å². The van der Waals surface area contributed by atoms with Crippen LogP contribution >= 0.6 is 0 Å². The Bertz CT molecular complexity index is 511. The predicted molar refractivity (Wildman–Crippen MR) is 130 cm³/mol. The zero-order valence-corrected chi connectivity index (χ0v) is 24.8. The molecule has 0 fully saturated rings. The van der Waals surface area contributed by atoms with Crippen LogP contribution in [-0.4, -0.2) is 71.5 Å². The van der Waals surface area contributed by atoms with Gasteiger partial charge in [-0.3, -0.25) is 0 Å². The average Bonchev–Trinajstić information content (AvgIpc) is 2.94. The summed E-state index contributed by atoms with van der Waals surface area (Å²) in [6.45, 7) is 46.4. The molecule has 1 aromatic rings. The second-order valence-corrected chi connectivity index (χ2v) is 6.70. The molecule has 0 amide bonds. The molecule has 0 atom stereocenters. The molecule has 0 saturated heterocycles. The van der Waals surface area contributed by atoms with Gasteiger partial charge in [-0.1, -0.05) is 12.1 Å². The number of hydrogen-bond acceptors (Lipinski definition) is 2. The number of aromatic hydroxyl groups is 2. The van der Waals surface area contributed by atoms with E-state index in [0.717, 1.165) is 0 Å². The summed E-state index contributed by atoms with van der Waals surface area (Å²) in [6, 6.07) is 6.15. The van der Waals surface area contributed by atoms with E-state index in [4.69, 9.17) is 28.8 Å². The second kappa shape index (κ2) is 39.6. The molecule has 0 bridgehead atoms. The van der Waals surface area contributed by atoms with Gasteiger partial charge in [-0.15, -0.1) is 0 Å².